The van der Waals surface area contributed by atoms with Crippen molar-refractivity contribution in [2.24, 2.45) is 0 Å². The van der Waals surface area contributed by atoms with Crippen molar-refractivity contribution in [3.63, 3.8) is 0 Å². The van der Waals surface area contributed by atoms with E-state index in [0.717, 1.165) is 12.8 Å². The summed E-state index contributed by atoms with van der Waals surface area (Å²) in [7, 11) is 0. The standard InChI is InChI=1S/C11H13O3/c1-2-3-7-14-10-6-4-5-9(8-10)11(12)13/h5-6,8H,2-3,7H2,1H3,(H,12,13). The Balaban J connectivity index is 2.59. The monoisotopic (exact) mass is 193 g/mol. The van der Waals surface area contributed by atoms with Gasteiger partial charge in [-0.15, -0.1) is 0 Å². The predicted molar refractivity (Wildman–Crippen MR) is 52.6 cm³/mol. The van der Waals surface area contributed by atoms with Crippen molar-refractivity contribution in [3.05, 3.63) is 29.8 Å². The van der Waals surface area contributed by atoms with Crippen LogP contribution in [-0.2, 0) is 0 Å². The predicted octanol–water partition coefficient (Wildman–Crippen LogP) is 2.36. The molecule has 0 fully saturated rings. The van der Waals surface area contributed by atoms with Crippen molar-refractivity contribution in [2.45, 2.75) is 19.8 Å². The largest absolute Gasteiger partial charge is 0.494 e. The van der Waals surface area contributed by atoms with Crippen LogP contribution in [0.1, 0.15) is 30.1 Å². The van der Waals surface area contributed by atoms with E-state index in [1.807, 2.05) is 0 Å². The van der Waals surface area contributed by atoms with E-state index in [1.165, 1.54) is 12.1 Å². The van der Waals surface area contributed by atoms with Crippen LogP contribution in [0.3, 0.4) is 0 Å². The maximum absolute atomic E-state index is 10.6. The van der Waals surface area contributed by atoms with E-state index in [1.54, 1.807) is 6.07 Å². The van der Waals surface area contributed by atoms with Crippen LogP contribution in [0.4, 0.5) is 0 Å². The van der Waals surface area contributed by atoms with Crippen LogP contribution in [0.5, 0.6) is 5.75 Å². The molecule has 0 aliphatic carbocycles. The molecule has 0 aliphatic heterocycles. The molecule has 0 atom stereocenters. The summed E-state index contributed by atoms with van der Waals surface area (Å²) >= 11 is 0. The molecule has 14 heavy (non-hydrogen) atoms. The minimum Gasteiger partial charge on any atom is -0.494 e. The first-order valence-electron chi connectivity index (χ1n) is 4.61. The Kier molecular flexibility index (Phi) is 3.98. The van der Waals surface area contributed by atoms with Crippen molar-refractivity contribution in [3.8, 4) is 5.75 Å². The van der Waals surface area contributed by atoms with Crippen LogP contribution in [0, 0.1) is 6.07 Å². The molecule has 0 heterocycles. The number of benzene rings is 1. The summed E-state index contributed by atoms with van der Waals surface area (Å²) < 4.78 is 5.34. The Labute approximate surface area is 83.3 Å². The molecule has 75 valence electrons. The first kappa shape index (κ1) is 10.6. The number of unbranched alkanes of at least 4 members (excludes halogenated alkanes) is 1. The van der Waals surface area contributed by atoms with Gasteiger partial charge in [-0.25, -0.2) is 4.79 Å². The Hall–Kier alpha value is -1.51. The molecule has 0 saturated heterocycles. The van der Waals surface area contributed by atoms with Crippen LogP contribution < -0.4 is 4.74 Å². The van der Waals surface area contributed by atoms with Gasteiger partial charge in [0.2, 0.25) is 0 Å². The molecule has 0 aromatic heterocycles. The van der Waals surface area contributed by atoms with E-state index in [2.05, 4.69) is 13.0 Å². The van der Waals surface area contributed by atoms with Gasteiger partial charge in [-0.1, -0.05) is 13.3 Å². The summed E-state index contributed by atoms with van der Waals surface area (Å²) in [6.45, 7) is 2.69. The Bertz CT molecular complexity index is 307. The Morgan fingerprint density at radius 2 is 2.36 bits per heavy atom. The van der Waals surface area contributed by atoms with E-state index in [9.17, 15) is 4.79 Å². The number of hydrogen-bond donors (Lipinski definition) is 1. The fourth-order valence-corrected chi connectivity index (χ4v) is 0.991. The molecular weight excluding hydrogens is 180 g/mol. The van der Waals surface area contributed by atoms with Gasteiger partial charge in [0, 0.05) is 0 Å². The molecule has 1 N–H and O–H groups in total. The van der Waals surface area contributed by atoms with Crippen molar-refractivity contribution >= 4 is 5.97 Å². The minimum absolute atomic E-state index is 0.207. The number of rotatable bonds is 5. The Morgan fingerprint density at radius 3 is 3.00 bits per heavy atom. The highest BCUT2D eigenvalue weighted by Gasteiger charge is 2.03. The number of hydrogen-bond acceptors (Lipinski definition) is 2. The van der Waals surface area contributed by atoms with Crippen LogP contribution in [0.2, 0.25) is 0 Å². The molecule has 1 radical (unpaired) electrons. The molecule has 3 nitrogen and oxygen atoms in total. The van der Waals surface area contributed by atoms with Crippen LogP contribution in [0.15, 0.2) is 18.2 Å². The Morgan fingerprint density at radius 1 is 1.57 bits per heavy atom. The summed E-state index contributed by atoms with van der Waals surface area (Å²) in [6.07, 6.45) is 2.03. The van der Waals surface area contributed by atoms with E-state index in [4.69, 9.17) is 9.84 Å². The molecule has 0 bridgehead atoms. The van der Waals surface area contributed by atoms with Gasteiger partial charge in [-0.3, -0.25) is 0 Å². The topological polar surface area (TPSA) is 46.5 Å². The zero-order valence-corrected chi connectivity index (χ0v) is 8.12. The normalized spacial score (nSPS) is 9.79. The summed E-state index contributed by atoms with van der Waals surface area (Å²) in [5.74, 6) is -0.388. The summed E-state index contributed by atoms with van der Waals surface area (Å²) in [5.41, 5.74) is 0.207. The lowest BCUT2D eigenvalue weighted by Gasteiger charge is -2.05. The van der Waals surface area contributed by atoms with Gasteiger partial charge >= 0.3 is 5.97 Å². The molecule has 0 spiro atoms. The highest BCUT2D eigenvalue weighted by Crippen LogP contribution is 2.13. The van der Waals surface area contributed by atoms with E-state index >= 15 is 0 Å². The molecule has 0 unspecified atom stereocenters. The summed E-state index contributed by atoms with van der Waals surface area (Å²) in [6, 6.07) is 7.31. The summed E-state index contributed by atoms with van der Waals surface area (Å²) in [5, 5.41) is 8.71. The fourth-order valence-electron chi connectivity index (χ4n) is 0.991. The second-order valence-electron chi connectivity index (χ2n) is 2.96. The van der Waals surface area contributed by atoms with E-state index in [-0.39, 0.29) is 5.56 Å². The smallest absolute Gasteiger partial charge is 0.335 e. The second kappa shape index (κ2) is 5.27. The number of carbonyl (C=O) groups is 1. The SMILES string of the molecule is CCCCOc1c[c]cc(C(=O)O)c1. The molecule has 1 rings (SSSR count). The lowest BCUT2D eigenvalue weighted by atomic mass is 10.2. The van der Waals surface area contributed by atoms with Gasteiger partial charge in [0.05, 0.1) is 12.2 Å². The second-order valence-corrected chi connectivity index (χ2v) is 2.96. The average Bonchev–Trinajstić information content (AvgIpc) is 2.19. The molecule has 3 heteroatoms. The van der Waals surface area contributed by atoms with Crippen LogP contribution >= 0.6 is 0 Å². The van der Waals surface area contributed by atoms with E-state index in [0.29, 0.717) is 12.4 Å². The third kappa shape index (κ3) is 3.09. The highest BCUT2D eigenvalue weighted by atomic mass is 16.5. The van der Waals surface area contributed by atoms with Gasteiger partial charge in [0.25, 0.3) is 0 Å². The van der Waals surface area contributed by atoms with Crippen LogP contribution in [0.25, 0.3) is 0 Å². The number of carboxylic acids is 1. The maximum atomic E-state index is 10.6. The van der Waals surface area contributed by atoms with Crippen molar-refractivity contribution in [2.75, 3.05) is 6.61 Å². The highest BCUT2D eigenvalue weighted by molar-refractivity contribution is 5.87. The number of aromatic carboxylic acids is 1. The van der Waals surface area contributed by atoms with Crippen LogP contribution in [-0.4, -0.2) is 17.7 Å². The zero-order chi connectivity index (χ0) is 10.4. The zero-order valence-electron chi connectivity index (χ0n) is 8.12. The average molecular weight is 193 g/mol. The maximum Gasteiger partial charge on any atom is 0.335 e. The quantitative estimate of drug-likeness (QED) is 0.730. The van der Waals surface area contributed by atoms with Gasteiger partial charge in [0.1, 0.15) is 5.75 Å². The van der Waals surface area contributed by atoms with Gasteiger partial charge < -0.3 is 9.84 Å². The van der Waals surface area contributed by atoms with Crippen molar-refractivity contribution < 1.29 is 14.6 Å². The fraction of sp³-hybridized carbons (Fsp3) is 0.364. The molecule has 0 saturated carbocycles. The minimum atomic E-state index is -0.956. The number of carboxylic acid groups (broad SMARTS) is 1. The molecular formula is C11H13O3. The first-order chi connectivity index (χ1) is 6.74. The number of ether oxygens (including phenoxy) is 1. The third-order valence-electron chi connectivity index (χ3n) is 1.78. The lowest BCUT2D eigenvalue weighted by Crippen LogP contribution is -1.99. The first-order valence-corrected chi connectivity index (χ1v) is 4.61. The third-order valence-corrected chi connectivity index (χ3v) is 1.78. The summed E-state index contributed by atoms with van der Waals surface area (Å²) in [4.78, 5) is 10.6. The molecule has 1 aromatic rings. The molecule has 0 amide bonds. The van der Waals surface area contributed by atoms with E-state index < -0.39 is 5.97 Å². The lowest BCUT2D eigenvalue weighted by molar-refractivity contribution is 0.0696. The van der Waals surface area contributed by atoms with Gasteiger partial charge in [-0.05, 0) is 30.7 Å². The molecule has 1 aromatic carbocycles. The van der Waals surface area contributed by atoms with Gasteiger partial charge in [0.15, 0.2) is 0 Å². The van der Waals surface area contributed by atoms with Crippen molar-refractivity contribution in [1.82, 2.24) is 0 Å². The molecule has 0 aliphatic rings. The van der Waals surface area contributed by atoms with Crippen molar-refractivity contribution in [1.29, 1.82) is 0 Å². The van der Waals surface area contributed by atoms with Gasteiger partial charge in [-0.2, -0.15) is 0 Å².